The van der Waals surface area contributed by atoms with E-state index in [9.17, 15) is 43.6 Å². The van der Waals surface area contributed by atoms with Gasteiger partial charge in [0, 0.05) is 12.2 Å². The molecule has 9 N–H and O–H groups in total. The van der Waals surface area contributed by atoms with Gasteiger partial charge in [-0.3, -0.25) is 33.8 Å². The molecule has 0 aromatic carbocycles. The number of carboxylic acids is 1. The molecule has 210 valence electrons. The molecule has 4 atom stereocenters. The lowest BCUT2D eigenvalue weighted by molar-refractivity contribution is -0.419. The number of Topliss-reactive ketones (excluding diaryl/α,β-unsaturated/α-hetero) is 2. The Morgan fingerprint density at radius 2 is 1.84 bits per heavy atom. The van der Waals surface area contributed by atoms with Crippen LogP contribution in [0, 0.1) is 22.0 Å². The third kappa shape index (κ3) is 11.9. The lowest BCUT2D eigenvalue weighted by Gasteiger charge is -2.36. The van der Waals surface area contributed by atoms with E-state index in [2.05, 4.69) is 10.3 Å². The molecule has 0 aromatic rings. The molecule has 1 aliphatic carbocycles. The number of ketones is 2. The zero-order valence-electron chi connectivity index (χ0n) is 20.8. The van der Waals surface area contributed by atoms with Crippen molar-refractivity contribution in [3.05, 3.63) is 34.0 Å². The number of rotatable bonds is 14. The number of aliphatic carboxylic acids is 1. The predicted molar refractivity (Wildman–Crippen MR) is 130 cm³/mol. The molecule has 16 heteroatoms. The summed E-state index contributed by atoms with van der Waals surface area (Å²) >= 11 is 0. The number of allylic oxidation sites excluding steroid dienone is 1. The molecule has 0 saturated heterocycles. The van der Waals surface area contributed by atoms with Crippen LogP contribution in [0.3, 0.4) is 0 Å². The number of nitro groups is 1. The number of nitrogens with two attached hydrogens (primary N) is 3. The zero-order valence-corrected chi connectivity index (χ0v) is 21.7. The Morgan fingerprint density at radius 3 is 2.22 bits per heavy atom. The van der Waals surface area contributed by atoms with Gasteiger partial charge in [0.1, 0.15) is 18.1 Å². The molecule has 0 radical (unpaired) electrons. The number of carbonyl (C=O) groups is 4. The number of phosphoric ester groups is 1. The molecule has 15 nitrogen and oxygen atoms in total. The monoisotopic (exact) mass is 550 g/mol. The van der Waals surface area contributed by atoms with E-state index in [1.165, 1.54) is 0 Å². The van der Waals surface area contributed by atoms with Crippen LogP contribution in [0.15, 0.2) is 23.9 Å². The molecule has 1 aliphatic rings. The van der Waals surface area contributed by atoms with Crippen molar-refractivity contribution in [1.29, 1.82) is 0 Å². The number of unbranched alkanes of at least 4 members (excludes halogenated alkanes) is 1. The van der Waals surface area contributed by atoms with Crippen molar-refractivity contribution in [3.8, 4) is 0 Å². The Kier molecular flexibility index (Phi) is 13.7. The third-order valence-corrected chi connectivity index (χ3v) is 5.64. The van der Waals surface area contributed by atoms with E-state index >= 15 is 0 Å². The summed E-state index contributed by atoms with van der Waals surface area (Å²) in [6.07, 6.45) is 2.04. The molecule has 0 fully saturated rings. The van der Waals surface area contributed by atoms with Crippen molar-refractivity contribution in [1.82, 2.24) is 0 Å². The maximum absolute atomic E-state index is 13.2. The van der Waals surface area contributed by atoms with Gasteiger partial charge in [-0.1, -0.05) is 33.6 Å². The second kappa shape index (κ2) is 14.8. The highest BCUT2D eigenvalue weighted by Gasteiger charge is 2.50. The number of primary amides is 1. The van der Waals surface area contributed by atoms with Crippen molar-refractivity contribution in [2.24, 2.45) is 29.0 Å². The molecule has 0 aliphatic heterocycles. The molecule has 1 rings (SSSR count). The predicted octanol–water partition coefficient (Wildman–Crippen LogP) is 0.157. The fourth-order valence-electron chi connectivity index (χ4n) is 3.45. The van der Waals surface area contributed by atoms with Gasteiger partial charge in [0.25, 0.3) is 5.70 Å². The molecule has 0 saturated carbocycles. The first-order valence-corrected chi connectivity index (χ1v) is 12.8. The van der Waals surface area contributed by atoms with Gasteiger partial charge in [-0.2, -0.15) is 0 Å². The number of carboxylic acid groups (broad SMARTS) is 1. The van der Waals surface area contributed by atoms with Gasteiger partial charge in [-0.05, 0) is 24.8 Å². The van der Waals surface area contributed by atoms with E-state index in [0.29, 0.717) is 12.8 Å². The Hall–Kier alpha value is -2.81. The lowest BCUT2D eigenvalue weighted by Crippen LogP contribution is -2.61. The van der Waals surface area contributed by atoms with Crippen molar-refractivity contribution in [2.45, 2.75) is 70.6 Å². The minimum Gasteiger partial charge on any atom is -0.481 e. The summed E-state index contributed by atoms with van der Waals surface area (Å²) in [4.78, 5) is 74.2. The number of hydrogen-bond acceptors (Lipinski definition) is 10. The van der Waals surface area contributed by atoms with Gasteiger partial charge in [0.2, 0.25) is 5.91 Å². The van der Waals surface area contributed by atoms with Crippen LogP contribution >= 0.6 is 7.82 Å². The van der Waals surface area contributed by atoms with E-state index in [4.69, 9.17) is 16.6 Å². The van der Waals surface area contributed by atoms with E-state index in [-0.39, 0.29) is 18.8 Å². The molecule has 37 heavy (non-hydrogen) atoms. The van der Waals surface area contributed by atoms with Gasteiger partial charge in [0.05, 0.1) is 16.9 Å². The summed E-state index contributed by atoms with van der Waals surface area (Å²) in [5, 5.41) is 19.0. The van der Waals surface area contributed by atoms with Crippen LogP contribution < -0.4 is 17.2 Å². The highest BCUT2D eigenvalue weighted by molar-refractivity contribution is 7.46. The van der Waals surface area contributed by atoms with Crippen LogP contribution in [0.25, 0.3) is 0 Å². The molecule has 4 unspecified atom stereocenters. The number of phosphoric acid groups is 1. The SMILES string of the molecule is CCCCC(OP(=O)(O)O)C(=O)C1C=C([N+](=O)[O-])C=CC1(N)C(=O)C(N)CC(C)C.NC(=O)CC(=O)O. The molecule has 1 amide bonds. The third-order valence-electron chi connectivity index (χ3n) is 5.12. The van der Waals surface area contributed by atoms with Crippen LogP contribution in [0.4, 0.5) is 0 Å². The number of amides is 1. The van der Waals surface area contributed by atoms with Gasteiger partial charge < -0.3 is 32.1 Å². The summed E-state index contributed by atoms with van der Waals surface area (Å²) in [5.74, 6) is -5.14. The van der Waals surface area contributed by atoms with Crippen molar-refractivity contribution >= 4 is 31.3 Å². The van der Waals surface area contributed by atoms with Crippen LogP contribution in [0.5, 0.6) is 0 Å². The Bertz CT molecular complexity index is 964. The maximum Gasteiger partial charge on any atom is 0.470 e. The van der Waals surface area contributed by atoms with Crippen molar-refractivity contribution in [3.63, 3.8) is 0 Å². The first-order chi connectivity index (χ1) is 16.8. The first-order valence-electron chi connectivity index (χ1n) is 11.3. The van der Waals surface area contributed by atoms with Crippen LogP contribution in [-0.2, 0) is 28.3 Å². The summed E-state index contributed by atoms with van der Waals surface area (Å²) in [6.45, 7) is 5.49. The second-order valence-corrected chi connectivity index (χ2v) is 10.1. The summed E-state index contributed by atoms with van der Waals surface area (Å²) in [7, 11) is -5.05. The maximum atomic E-state index is 13.2. The lowest BCUT2D eigenvalue weighted by atomic mass is 9.71. The highest BCUT2D eigenvalue weighted by atomic mass is 31.2. The van der Waals surface area contributed by atoms with Gasteiger partial charge in [0.15, 0.2) is 11.6 Å². The number of nitrogens with zero attached hydrogens (tertiary/aromatic N) is 1. The van der Waals surface area contributed by atoms with Gasteiger partial charge in [-0.15, -0.1) is 0 Å². The highest BCUT2D eigenvalue weighted by Crippen LogP contribution is 2.41. The summed E-state index contributed by atoms with van der Waals surface area (Å²) < 4.78 is 16.0. The smallest absolute Gasteiger partial charge is 0.470 e. The van der Waals surface area contributed by atoms with E-state index in [1.807, 2.05) is 13.8 Å². The molecular formula is C21H35N4O11P. The van der Waals surface area contributed by atoms with Crippen molar-refractivity contribution < 1.29 is 48.1 Å². The van der Waals surface area contributed by atoms with E-state index < -0.39 is 71.9 Å². The second-order valence-electron chi connectivity index (χ2n) is 8.86. The summed E-state index contributed by atoms with van der Waals surface area (Å²) in [5.41, 5.74) is 14.2. The molecule has 0 heterocycles. The zero-order chi connectivity index (χ0) is 29.1. The number of hydrogen-bond donors (Lipinski definition) is 6. The topological polar surface area (TPSA) is 276 Å². The number of carbonyl (C=O) groups excluding carboxylic acids is 3. The molecule has 0 bridgehead atoms. The van der Waals surface area contributed by atoms with Crippen LogP contribution in [0.1, 0.15) is 52.9 Å². The average Bonchev–Trinajstić information content (AvgIpc) is 2.73. The Balaban J connectivity index is 0.00000161. The normalized spacial score (nSPS) is 20.8. The quantitative estimate of drug-likeness (QED) is 0.0728. The Labute approximate surface area is 213 Å². The fourth-order valence-corrected chi connectivity index (χ4v) is 3.99. The minimum absolute atomic E-state index is 0.0504. The minimum atomic E-state index is -5.05. The van der Waals surface area contributed by atoms with Crippen molar-refractivity contribution in [2.75, 3.05) is 0 Å². The standard InChI is InChI=1S/C18H30N3O8P.C3H5NO3/c1-4-5-6-15(29-30(26,27)28)16(22)13-10-12(21(24)25)7-8-18(13,20)17(23)14(19)9-11(2)3;4-2(5)1-3(6)7/h7-8,10-11,13-15H,4-6,9,19-20H2,1-3H3,(H2,26,27,28);1H2,(H2,4,5)(H,6,7). The molecular weight excluding hydrogens is 515 g/mol. The Morgan fingerprint density at radius 1 is 1.27 bits per heavy atom. The largest absolute Gasteiger partial charge is 0.481 e. The van der Waals surface area contributed by atoms with Crippen LogP contribution in [-0.4, -0.2) is 60.9 Å². The first kappa shape index (κ1) is 34.2. The molecule has 0 aromatic heterocycles. The van der Waals surface area contributed by atoms with E-state index in [0.717, 1.165) is 18.2 Å². The fraction of sp³-hybridized carbons (Fsp3) is 0.619. The van der Waals surface area contributed by atoms with Gasteiger partial charge in [-0.25, -0.2) is 4.57 Å². The van der Waals surface area contributed by atoms with Crippen LogP contribution in [0.2, 0.25) is 0 Å². The molecule has 0 spiro atoms. The average molecular weight is 551 g/mol. The van der Waals surface area contributed by atoms with E-state index in [1.54, 1.807) is 6.92 Å². The van der Waals surface area contributed by atoms with Gasteiger partial charge >= 0.3 is 13.8 Å². The summed E-state index contributed by atoms with van der Waals surface area (Å²) in [6, 6.07) is -1.03.